The number of halogens is 4. The van der Waals surface area contributed by atoms with Gasteiger partial charge in [-0.05, 0) is 62.2 Å². The fraction of sp³-hybridized carbons (Fsp3) is 0.381. The fourth-order valence-electron chi connectivity index (χ4n) is 2.26. The van der Waals surface area contributed by atoms with Crippen LogP contribution in [0.4, 0.5) is 23.2 Å². The summed E-state index contributed by atoms with van der Waals surface area (Å²) in [6, 6.07) is 10.5. The topological polar surface area (TPSA) is 24.8 Å². The lowest BCUT2D eigenvalue weighted by Gasteiger charge is -2.16. The van der Waals surface area contributed by atoms with Crippen molar-refractivity contribution in [3.63, 3.8) is 0 Å². The van der Waals surface area contributed by atoms with Gasteiger partial charge in [-0.3, -0.25) is 0 Å². The van der Waals surface area contributed by atoms with Crippen molar-refractivity contribution in [1.29, 1.82) is 0 Å². The van der Waals surface area contributed by atoms with Crippen LogP contribution in [0.15, 0.2) is 51.2 Å². The smallest absolute Gasteiger partial charge is 0.340 e. The highest BCUT2D eigenvalue weighted by Crippen LogP contribution is 2.36. The van der Waals surface area contributed by atoms with Crippen molar-refractivity contribution in [2.45, 2.75) is 42.9 Å². The molecule has 0 aliphatic carbocycles. The number of alkyl halides is 4. The maximum atomic E-state index is 13.1. The number of aryl methyl sites for hydroxylation is 2. The predicted octanol–water partition coefficient (Wildman–Crippen LogP) is 6.35. The van der Waals surface area contributed by atoms with Gasteiger partial charge in [0.25, 0.3) is 0 Å². The Kier molecular flexibility index (Phi) is 7.96. The second-order valence-electron chi connectivity index (χ2n) is 6.65. The highest BCUT2D eigenvalue weighted by Gasteiger charge is 2.41. The third-order valence-electron chi connectivity index (χ3n) is 4.17. The molecule has 0 atom stereocenters. The summed E-state index contributed by atoms with van der Waals surface area (Å²) in [5.74, 6) is -4.06. The van der Waals surface area contributed by atoms with E-state index >= 15 is 0 Å². The van der Waals surface area contributed by atoms with Crippen molar-refractivity contribution in [1.82, 2.24) is 4.90 Å². The Hall–Kier alpha value is -2.22. The van der Waals surface area contributed by atoms with Crippen LogP contribution in [0, 0.1) is 13.8 Å². The van der Waals surface area contributed by atoms with Crippen LogP contribution in [0.25, 0.3) is 0 Å². The summed E-state index contributed by atoms with van der Waals surface area (Å²) in [5, 5.41) is 0. The zero-order valence-corrected chi connectivity index (χ0v) is 17.6. The number of ether oxygens (including phenoxy) is 1. The molecule has 0 unspecified atom stereocenters. The summed E-state index contributed by atoms with van der Waals surface area (Å²) >= 11 is 1.44. The number of hydrogen-bond acceptors (Lipinski definition) is 3. The quantitative estimate of drug-likeness (QED) is 0.264. The van der Waals surface area contributed by atoms with Crippen LogP contribution in [-0.2, 0) is 0 Å². The highest BCUT2D eigenvalue weighted by atomic mass is 32.2. The minimum atomic E-state index is -4.18. The molecule has 0 saturated carbocycles. The maximum Gasteiger partial charge on any atom is 0.340 e. The van der Waals surface area contributed by atoms with E-state index in [0.717, 1.165) is 33.2 Å². The number of nitrogens with zero attached hydrogens (tertiary/aromatic N) is 2. The number of rotatable bonds is 9. The Labute approximate surface area is 172 Å². The minimum absolute atomic E-state index is 0.119. The predicted molar refractivity (Wildman–Crippen MR) is 109 cm³/mol. The number of benzene rings is 2. The molecule has 29 heavy (non-hydrogen) atoms. The van der Waals surface area contributed by atoms with E-state index in [2.05, 4.69) is 4.99 Å². The van der Waals surface area contributed by atoms with Crippen molar-refractivity contribution in [2.24, 2.45) is 4.99 Å². The molecule has 0 heterocycles. The normalized spacial score (nSPS) is 12.0. The molecule has 0 aliphatic rings. The Morgan fingerprint density at radius 2 is 1.90 bits per heavy atom. The second-order valence-corrected chi connectivity index (χ2v) is 7.76. The first kappa shape index (κ1) is 23.1. The summed E-state index contributed by atoms with van der Waals surface area (Å²) in [6.45, 7) is 5.46. The highest BCUT2D eigenvalue weighted by molar-refractivity contribution is 7.99. The van der Waals surface area contributed by atoms with Gasteiger partial charge in [0.2, 0.25) is 0 Å². The standard InChI is InChI=1S/C21H24F4N2OS/c1-5-27(4)13-26-18-9-15(3)19(10-14(18)2)29-17-8-6-7-16(11-17)28-12-21(24,25)20(22)23/h6-11,13,20H,5,12H2,1-4H3/b26-13-. The van der Waals surface area contributed by atoms with Gasteiger partial charge in [-0.2, -0.15) is 8.78 Å². The third kappa shape index (κ3) is 6.66. The van der Waals surface area contributed by atoms with Crippen molar-refractivity contribution >= 4 is 23.8 Å². The molecule has 158 valence electrons. The van der Waals surface area contributed by atoms with E-state index in [-0.39, 0.29) is 5.75 Å². The molecule has 0 fully saturated rings. The van der Waals surface area contributed by atoms with Gasteiger partial charge in [0, 0.05) is 23.4 Å². The van der Waals surface area contributed by atoms with E-state index in [0.29, 0.717) is 0 Å². The zero-order chi connectivity index (χ0) is 21.6. The van der Waals surface area contributed by atoms with Crippen molar-refractivity contribution in [3.05, 3.63) is 47.5 Å². The van der Waals surface area contributed by atoms with Gasteiger partial charge in [0.15, 0.2) is 6.61 Å². The monoisotopic (exact) mass is 428 g/mol. The fourth-order valence-corrected chi connectivity index (χ4v) is 3.29. The van der Waals surface area contributed by atoms with Gasteiger partial charge < -0.3 is 9.64 Å². The Bertz CT molecular complexity index is 859. The Morgan fingerprint density at radius 3 is 2.55 bits per heavy atom. The summed E-state index contributed by atoms with van der Waals surface area (Å²) in [4.78, 5) is 8.22. The molecule has 0 aromatic heterocycles. The average molecular weight is 428 g/mol. The first-order chi connectivity index (χ1) is 13.6. The zero-order valence-electron chi connectivity index (χ0n) is 16.8. The molecule has 0 bridgehead atoms. The van der Waals surface area contributed by atoms with E-state index in [1.54, 1.807) is 24.5 Å². The van der Waals surface area contributed by atoms with Crippen LogP contribution in [0.3, 0.4) is 0 Å². The molecule has 0 N–H and O–H groups in total. The van der Waals surface area contributed by atoms with Crippen LogP contribution in [0.1, 0.15) is 18.1 Å². The molecule has 2 rings (SSSR count). The van der Waals surface area contributed by atoms with Gasteiger partial charge in [0.1, 0.15) is 5.75 Å². The lowest BCUT2D eigenvalue weighted by Crippen LogP contribution is -2.33. The van der Waals surface area contributed by atoms with E-state index in [1.165, 1.54) is 17.8 Å². The van der Waals surface area contributed by atoms with Gasteiger partial charge in [-0.1, -0.05) is 17.8 Å². The lowest BCUT2D eigenvalue weighted by atomic mass is 10.1. The SMILES string of the molecule is CCN(C)/C=N\c1cc(C)c(Sc2cccc(OCC(F)(F)C(F)F)c2)cc1C. The van der Waals surface area contributed by atoms with Gasteiger partial charge in [0.05, 0.1) is 12.0 Å². The van der Waals surface area contributed by atoms with Gasteiger partial charge in [-0.15, -0.1) is 0 Å². The van der Waals surface area contributed by atoms with Crippen molar-refractivity contribution in [2.75, 3.05) is 20.2 Å². The van der Waals surface area contributed by atoms with Gasteiger partial charge in [-0.25, -0.2) is 13.8 Å². The summed E-state index contributed by atoms with van der Waals surface area (Å²) in [7, 11) is 1.95. The molecule has 3 nitrogen and oxygen atoms in total. The molecular weight excluding hydrogens is 404 g/mol. The van der Waals surface area contributed by atoms with E-state index in [9.17, 15) is 17.6 Å². The molecule has 2 aromatic rings. The summed E-state index contributed by atoms with van der Waals surface area (Å²) < 4.78 is 55.5. The molecule has 0 spiro atoms. The number of hydrogen-bond donors (Lipinski definition) is 0. The first-order valence-corrected chi connectivity index (χ1v) is 9.86. The molecule has 8 heteroatoms. The Morgan fingerprint density at radius 1 is 1.17 bits per heavy atom. The minimum Gasteiger partial charge on any atom is -0.487 e. The Balaban J connectivity index is 2.14. The molecule has 0 aliphatic heterocycles. The molecule has 0 amide bonds. The molecular formula is C21H24F4N2OS. The van der Waals surface area contributed by atoms with E-state index in [1.807, 2.05) is 44.9 Å². The largest absolute Gasteiger partial charge is 0.487 e. The maximum absolute atomic E-state index is 13.1. The van der Waals surface area contributed by atoms with E-state index in [4.69, 9.17) is 4.74 Å². The van der Waals surface area contributed by atoms with Crippen LogP contribution in [-0.4, -0.2) is 43.8 Å². The summed E-state index contributed by atoms with van der Waals surface area (Å²) in [5.41, 5.74) is 2.89. The lowest BCUT2D eigenvalue weighted by molar-refractivity contribution is -0.148. The van der Waals surface area contributed by atoms with Crippen molar-refractivity contribution < 1.29 is 22.3 Å². The van der Waals surface area contributed by atoms with Crippen LogP contribution >= 0.6 is 11.8 Å². The molecule has 2 aromatic carbocycles. The van der Waals surface area contributed by atoms with Crippen LogP contribution < -0.4 is 4.74 Å². The molecule has 0 saturated heterocycles. The number of aliphatic imine (C=N–C) groups is 1. The van der Waals surface area contributed by atoms with Crippen LogP contribution in [0.2, 0.25) is 0 Å². The average Bonchev–Trinajstić information content (AvgIpc) is 2.68. The molecule has 0 radical (unpaired) electrons. The van der Waals surface area contributed by atoms with Gasteiger partial charge >= 0.3 is 12.3 Å². The van der Waals surface area contributed by atoms with E-state index < -0.39 is 19.0 Å². The van der Waals surface area contributed by atoms with Crippen molar-refractivity contribution in [3.8, 4) is 5.75 Å². The summed E-state index contributed by atoms with van der Waals surface area (Å²) in [6.07, 6.45) is -1.98. The second kappa shape index (κ2) is 10.0. The third-order valence-corrected chi connectivity index (χ3v) is 5.32. The first-order valence-electron chi connectivity index (χ1n) is 9.04. The van der Waals surface area contributed by atoms with Crippen LogP contribution in [0.5, 0.6) is 5.75 Å².